The van der Waals surface area contributed by atoms with Crippen LogP contribution >= 0.6 is 11.8 Å². The quantitative estimate of drug-likeness (QED) is 0.707. The van der Waals surface area contributed by atoms with E-state index in [1.807, 2.05) is 0 Å². The molecule has 0 aromatic carbocycles. The molecule has 0 amide bonds. The maximum atomic E-state index is 12.1. The van der Waals surface area contributed by atoms with Crippen LogP contribution in [0.2, 0.25) is 0 Å². The molecule has 0 aliphatic heterocycles. The molecule has 0 aromatic rings. The molecule has 0 aliphatic carbocycles. The number of halogens is 3. The van der Waals surface area contributed by atoms with Crippen molar-refractivity contribution in [1.82, 2.24) is 10.6 Å². The van der Waals surface area contributed by atoms with E-state index in [-0.39, 0.29) is 5.03 Å². The monoisotopic (exact) mass is 228 g/mol. The molecule has 14 heavy (non-hydrogen) atoms. The molecule has 0 aliphatic rings. The summed E-state index contributed by atoms with van der Waals surface area (Å²) in [5, 5.41) is 4.91. The smallest absolute Gasteiger partial charge is 0.383 e. The summed E-state index contributed by atoms with van der Waals surface area (Å²) < 4.78 is 36.2. The molecule has 7 heteroatoms. The SMILES string of the molecule is CN/C(SC)=C(/NC)C(=O)C(F)(F)F. The van der Waals surface area contributed by atoms with Gasteiger partial charge in [0, 0.05) is 14.1 Å². The Bertz CT molecular complexity index is 244. The average molecular weight is 228 g/mol. The van der Waals surface area contributed by atoms with E-state index in [0.29, 0.717) is 0 Å². The Hall–Kier alpha value is -0.850. The van der Waals surface area contributed by atoms with Gasteiger partial charge in [-0.05, 0) is 6.26 Å². The third-order valence-electron chi connectivity index (χ3n) is 1.39. The molecule has 3 nitrogen and oxygen atoms in total. The zero-order chi connectivity index (χ0) is 11.4. The minimum Gasteiger partial charge on any atom is -0.383 e. The number of hydrogen-bond donors (Lipinski definition) is 2. The number of alkyl halides is 3. The fourth-order valence-corrected chi connectivity index (χ4v) is 1.40. The van der Waals surface area contributed by atoms with Crippen LogP contribution in [0.4, 0.5) is 13.2 Å². The number of rotatable bonds is 4. The average Bonchev–Trinajstić information content (AvgIpc) is 2.11. The maximum absolute atomic E-state index is 12.1. The van der Waals surface area contributed by atoms with Crippen LogP contribution in [0.3, 0.4) is 0 Å². The Morgan fingerprint density at radius 2 is 1.71 bits per heavy atom. The second kappa shape index (κ2) is 5.14. The number of allylic oxidation sites excluding steroid dienone is 1. The van der Waals surface area contributed by atoms with Gasteiger partial charge >= 0.3 is 6.18 Å². The van der Waals surface area contributed by atoms with Crippen LogP contribution in [0.15, 0.2) is 10.7 Å². The molecule has 0 spiro atoms. The number of hydrogen-bond acceptors (Lipinski definition) is 4. The lowest BCUT2D eigenvalue weighted by Gasteiger charge is -2.13. The van der Waals surface area contributed by atoms with Crippen LogP contribution in [-0.2, 0) is 4.79 Å². The summed E-state index contributed by atoms with van der Waals surface area (Å²) >= 11 is 1.03. The van der Waals surface area contributed by atoms with Gasteiger partial charge in [-0.15, -0.1) is 11.8 Å². The highest BCUT2D eigenvalue weighted by molar-refractivity contribution is 8.02. The second-order valence-corrected chi connectivity index (χ2v) is 3.05. The predicted molar refractivity (Wildman–Crippen MR) is 49.7 cm³/mol. The molecule has 0 unspecified atom stereocenters. The van der Waals surface area contributed by atoms with E-state index in [1.54, 1.807) is 6.26 Å². The minimum absolute atomic E-state index is 0.162. The molecule has 0 rings (SSSR count). The summed E-state index contributed by atoms with van der Waals surface area (Å²) in [4.78, 5) is 10.9. The van der Waals surface area contributed by atoms with Gasteiger partial charge in [0.05, 0.1) is 5.03 Å². The van der Waals surface area contributed by atoms with Crippen molar-refractivity contribution in [2.75, 3.05) is 20.4 Å². The first-order valence-corrected chi connectivity index (χ1v) is 4.86. The first-order valence-electron chi connectivity index (χ1n) is 3.63. The predicted octanol–water partition coefficient (Wildman–Crippen LogP) is 1.09. The third-order valence-corrected chi connectivity index (χ3v) is 2.21. The van der Waals surface area contributed by atoms with E-state index in [4.69, 9.17) is 0 Å². The van der Waals surface area contributed by atoms with Crippen molar-refractivity contribution in [3.8, 4) is 0 Å². The summed E-state index contributed by atoms with van der Waals surface area (Å²) in [6.07, 6.45) is -3.27. The van der Waals surface area contributed by atoms with Crippen molar-refractivity contribution < 1.29 is 18.0 Å². The summed E-state index contributed by atoms with van der Waals surface area (Å²) in [5.74, 6) is -1.88. The van der Waals surface area contributed by atoms with Gasteiger partial charge in [0.2, 0.25) is 0 Å². The number of carbonyl (C=O) groups is 1. The summed E-state index contributed by atoms with van der Waals surface area (Å²) in [7, 11) is 2.72. The van der Waals surface area contributed by atoms with Gasteiger partial charge in [-0.2, -0.15) is 13.2 Å². The maximum Gasteiger partial charge on any atom is 0.456 e. The summed E-state index contributed by atoms with van der Waals surface area (Å²) in [5.41, 5.74) is -0.465. The zero-order valence-electron chi connectivity index (χ0n) is 7.95. The van der Waals surface area contributed by atoms with Gasteiger partial charge in [0.15, 0.2) is 0 Å². The standard InChI is InChI=1S/C7H11F3N2OS/c1-11-4(6(12-2)14-3)5(13)7(8,9)10/h11-12H,1-3H3/b6-4-. The number of nitrogens with one attached hydrogen (secondary N) is 2. The molecule has 0 saturated heterocycles. The third kappa shape index (κ3) is 3.13. The highest BCUT2D eigenvalue weighted by Gasteiger charge is 2.41. The van der Waals surface area contributed by atoms with Crippen molar-refractivity contribution in [2.45, 2.75) is 6.18 Å². The molecule has 0 atom stereocenters. The topological polar surface area (TPSA) is 41.1 Å². The first kappa shape index (κ1) is 13.2. The van der Waals surface area contributed by atoms with Gasteiger partial charge in [0.25, 0.3) is 5.78 Å². The number of ketones is 1. The summed E-state index contributed by atoms with van der Waals surface area (Å²) in [6, 6.07) is 0. The van der Waals surface area contributed by atoms with Gasteiger partial charge in [0.1, 0.15) is 5.70 Å². The van der Waals surface area contributed by atoms with Gasteiger partial charge in [-0.1, -0.05) is 0 Å². The number of Topliss-reactive ketones (excluding diaryl/α,β-unsaturated/α-hetero) is 1. The van der Waals surface area contributed by atoms with E-state index >= 15 is 0 Å². The Kier molecular flexibility index (Phi) is 4.82. The molecule has 0 heterocycles. The van der Waals surface area contributed by atoms with E-state index in [1.165, 1.54) is 14.1 Å². The fourth-order valence-electron chi connectivity index (χ4n) is 0.801. The van der Waals surface area contributed by atoms with Gasteiger partial charge in [-0.3, -0.25) is 4.79 Å². The molecule has 0 aromatic heterocycles. The Balaban J connectivity index is 5.08. The highest BCUT2D eigenvalue weighted by atomic mass is 32.2. The normalized spacial score (nSPS) is 13.3. The van der Waals surface area contributed by atoms with Crippen LogP contribution in [0.5, 0.6) is 0 Å². The van der Waals surface area contributed by atoms with Crippen LogP contribution in [0.25, 0.3) is 0 Å². The summed E-state index contributed by atoms with van der Waals surface area (Å²) in [6.45, 7) is 0. The Morgan fingerprint density at radius 1 is 1.21 bits per heavy atom. The highest BCUT2D eigenvalue weighted by Crippen LogP contribution is 2.23. The molecule has 82 valence electrons. The van der Waals surface area contributed by atoms with Crippen molar-refractivity contribution in [2.24, 2.45) is 0 Å². The lowest BCUT2D eigenvalue weighted by molar-refractivity contribution is -0.166. The molecular weight excluding hydrogens is 217 g/mol. The Morgan fingerprint density at radius 3 is 1.93 bits per heavy atom. The number of thioether (sulfide) groups is 1. The molecule has 0 radical (unpaired) electrons. The van der Waals surface area contributed by atoms with E-state index in [2.05, 4.69) is 10.6 Å². The van der Waals surface area contributed by atoms with Crippen LogP contribution in [-0.4, -0.2) is 32.3 Å². The number of likely N-dealkylation sites (N-methyl/N-ethyl adjacent to an activating group) is 1. The number of carbonyl (C=O) groups excluding carboxylic acids is 1. The molecule has 0 fully saturated rings. The minimum atomic E-state index is -4.85. The molecule has 2 N–H and O–H groups in total. The van der Waals surface area contributed by atoms with Gasteiger partial charge in [-0.25, -0.2) is 0 Å². The van der Waals surface area contributed by atoms with Crippen molar-refractivity contribution in [3.05, 3.63) is 10.7 Å². The van der Waals surface area contributed by atoms with Crippen LogP contribution in [0, 0.1) is 0 Å². The Labute approximate surface area is 84.1 Å². The molecule has 0 bridgehead atoms. The lowest BCUT2D eigenvalue weighted by Crippen LogP contribution is -2.32. The van der Waals surface area contributed by atoms with Gasteiger partial charge < -0.3 is 10.6 Å². The van der Waals surface area contributed by atoms with Crippen LogP contribution < -0.4 is 10.6 Å². The lowest BCUT2D eigenvalue weighted by atomic mass is 10.3. The van der Waals surface area contributed by atoms with Crippen molar-refractivity contribution in [1.29, 1.82) is 0 Å². The van der Waals surface area contributed by atoms with Crippen molar-refractivity contribution in [3.63, 3.8) is 0 Å². The van der Waals surface area contributed by atoms with E-state index in [9.17, 15) is 18.0 Å². The molecule has 0 saturated carbocycles. The second-order valence-electron chi connectivity index (χ2n) is 2.24. The zero-order valence-corrected chi connectivity index (χ0v) is 8.77. The van der Waals surface area contributed by atoms with Crippen molar-refractivity contribution >= 4 is 17.5 Å². The first-order chi connectivity index (χ1) is 6.38. The largest absolute Gasteiger partial charge is 0.456 e. The molecular formula is C7H11F3N2OS. The van der Waals surface area contributed by atoms with E-state index in [0.717, 1.165) is 11.8 Å². The fraction of sp³-hybridized carbons (Fsp3) is 0.571. The van der Waals surface area contributed by atoms with E-state index < -0.39 is 17.7 Å². The van der Waals surface area contributed by atoms with Crippen LogP contribution in [0.1, 0.15) is 0 Å².